The van der Waals surface area contributed by atoms with Crippen LogP contribution >= 0.6 is 15.9 Å². The molecule has 0 unspecified atom stereocenters. The number of sulfone groups is 1. The zero-order chi connectivity index (χ0) is 14.0. The van der Waals surface area contributed by atoms with E-state index in [4.69, 9.17) is 0 Å². The minimum Gasteiger partial charge on any atom is -0.267 e. The van der Waals surface area contributed by atoms with Gasteiger partial charge in [0.05, 0.1) is 27.4 Å². The molecule has 0 aliphatic heterocycles. The molecule has 1 aromatic heterocycles. The van der Waals surface area contributed by atoms with Crippen LogP contribution < -0.4 is 0 Å². The van der Waals surface area contributed by atoms with Gasteiger partial charge in [-0.1, -0.05) is 12.1 Å². The predicted molar refractivity (Wildman–Crippen MR) is 77.8 cm³/mol. The Morgan fingerprint density at radius 1 is 1.26 bits per heavy atom. The number of rotatable bonds is 4. The van der Waals surface area contributed by atoms with E-state index in [1.54, 1.807) is 36.9 Å². The number of hydrogen-bond acceptors (Lipinski definition) is 3. The lowest BCUT2D eigenvalue weighted by molar-refractivity contribution is 0.587. The SMILES string of the molecule is CC(C)S(=O)(=O)c1ccc(Cn2cc(Br)cn2)cc1. The van der Waals surface area contributed by atoms with Crippen molar-refractivity contribution in [2.45, 2.75) is 30.5 Å². The third kappa shape index (κ3) is 3.25. The number of halogens is 1. The summed E-state index contributed by atoms with van der Waals surface area (Å²) in [4.78, 5) is 0.368. The Bertz CT molecular complexity index is 660. The molecule has 0 fully saturated rings. The summed E-state index contributed by atoms with van der Waals surface area (Å²) in [5.41, 5.74) is 1.01. The highest BCUT2D eigenvalue weighted by molar-refractivity contribution is 9.10. The molecule has 0 atom stereocenters. The molecule has 102 valence electrons. The van der Waals surface area contributed by atoms with Crippen LogP contribution in [0.4, 0.5) is 0 Å². The summed E-state index contributed by atoms with van der Waals surface area (Å²) < 4.78 is 26.7. The van der Waals surface area contributed by atoms with Crippen molar-refractivity contribution in [1.29, 1.82) is 0 Å². The Kier molecular flexibility index (Phi) is 4.10. The minimum absolute atomic E-state index is 0.368. The van der Waals surface area contributed by atoms with E-state index >= 15 is 0 Å². The fourth-order valence-electron chi connectivity index (χ4n) is 1.67. The van der Waals surface area contributed by atoms with Crippen LogP contribution in [0.5, 0.6) is 0 Å². The predicted octanol–water partition coefficient (Wildman–Crippen LogP) is 2.88. The molecule has 0 radical (unpaired) electrons. The second-order valence-electron chi connectivity index (χ2n) is 4.59. The molecule has 0 aliphatic rings. The van der Waals surface area contributed by atoms with Crippen molar-refractivity contribution >= 4 is 25.8 Å². The number of benzene rings is 1. The van der Waals surface area contributed by atoms with Crippen LogP contribution in [0.3, 0.4) is 0 Å². The quantitative estimate of drug-likeness (QED) is 0.858. The third-order valence-electron chi connectivity index (χ3n) is 2.82. The lowest BCUT2D eigenvalue weighted by atomic mass is 10.2. The fraction of sp³-hybridized carbons (Fsp3) is 0.308. The fourth-order valence-corrected chi connectivity index (χ4v) is 3.06. The number of nitrogens with zero attached hydrogens (tertiary/aromatic N) is 2. The van der Waals surface area contributed by atoms with Crippen LogP contribution in [0.15, 0.2) is 46.0 Å². The van der Waals surface area contributed by atoms with Gasteiger partial charge in [0.25, 0.3) is 0 Å². The van der Waals surface area contributed by atoms with Crippen LogP contribution in [0.25, 0.3) is 0 Å². The summed E-state index contributed by atoms with van der Waals surface area (Å²) in [6.07, 6.45) is 3.59. The molecule has 6 heteroatoms. The van der Waals surface area contributed by atoms with Crippen LogP contribution in [0.2, 0.25) is 0 Å². The molecule has 1 aromatic carbocycles. The summed E-state index contributed by atoms with van der Waals surface area (Å²) in [5.74, 6) is 0. The standard InChI is InChI=1S/C13H15BrN2O2S/c1-10(2)19(17,18)13-5-3-11(4-6-13)8-16-9-12(14)7-15-16/h3-7,9-10H,8H2,1-2H3. The van der Waals surface area contributed by atoms with Gasteiger partial charge in [0.15, 0.2) is 9.84 Å². The van der Waals surface area contributed by atoms with Gasteiger partial charge in [-0.3, -0.25) is 4.68 Å². The monoisotopic (exact) mass is 342 g/mol. The van der Waals surface area contributed by atoms with E-state index in [0.29, 0.717) is 11.4 Å². The van der Waals surface area contributed by atoms with E-state index in [1.807, 2.05) is 18.3 Å². The minimum atomic E-state index is -3.19. The van der Waals surface area contributed by atoms with Crippen molar-refractivity contribution in [3.8, 4) is 0 Å². The highest BCUT2D eigenvalue weighted by atomic mass is 79.9. The highest BCUT2D eigenvalue weighted by Gasteiger charge is 2.18. The maximum Gasteiger partial charge on any atom is 0.180 e. The largest absolute Gasteiger partial charge is 0.267 e. The Labute approximate surface area is 121 Å². The smallest absolute Gasteiger partial charge is 0.180 e. The van der Waals surface area contributed by atoms with Crippen LogP contribution in [0, 0.1) is 0 Å². The first-order valence-corrected chi connectivity index (χ1v) is 8.24. The van der Waals surface area contributed by atoms with Gasteiger partial charge in [-0.25, -0.2) is 8.42 Å². The van der Waals surface area contributed by atoms with Crippen molar-refractivity contribution in [3.05, 3.63) is 46.7 Å². The second-order valence-corrected chi connectivity index (χ2v) is 8.01. The topological polar surface area (TPSA) is 52.0 Å². The Morgan fingerprint density at radius 3 is 2.37 bits per heavy atom. The van der Waals surface area contributed by atoms with Crippen molar-refractivity contribution < 1.29 is 8.42 Å². The molecule has 0 spiro atoms. The third-order valence-corrected chi connectivity index (χ3v) is 5.40. The molecule has 0 amide bonds. The molecule has 0 saturated carbocycles. The zero-order valence-corrected chi connectivity index (χ0v) is 13.1. The van der Waals surface area contributed by atoms with Gasteiger partial charge in [0.2, 0.25) is 0 Å². The molecule has 4 nitrogen and oxygen atoms in total. The van der Waals surface area contributed by atoms with E-state index in [1.165, 1.54) is 0 Å². The first kappa shape index (κ1) is 14.3. The van der Waals surface area contributed by atoms with E-state index in [2.05, 4.69) is 21.0 Å². The van der Waals surface area contributed by atoms with Gasteiger partial charge in [-0.15, -0.1) is 0 Å². The molecule has 19 heavy (non-hydrogen) atoms. The summed E-state index contributed by atoms with van der Waals surface area (Å²) in [7, 11) is -3.19. The Hall–Kier alpha value is -1.14. The maximum atomic E-state index is 12.0. The van der Waals surface area contributed by atoms with Gasteiger partial charge in [-0.2, -0.15) is 5.10 Å². The van der Waals surface area contributed by atoms with Crippen molar-refractivity contribution in [3.63, 3.8) is 0 Å². The highest BCUT2D eigenvalue weighted by Crippen LogP contribution is 2.17. The van der Waals surface area contributed by atoms with Crippen LogP contribution in [0.1, 0.15) is 19.4 Å². The molecular weight excluding hydrogens is 328 g/mol. The molecule has 2 rings (SSSR count). The van der Waals surface area contributed by atoms with E-state index in [9.17, 15) is 8.42 Å². The number of hydrogen-bond donors (Lipinski definition) is 0. The zero-order valence-electron chi connectivity index (χ0n) is 10.7. The maximum absolute atomic E-state index is 12.0. The Balaban J connectivity index is 2.19. The Morgan fingerprint density at radius 2 is 1.89 bits per heavy atom. The van der Waals surface area contributed by atoms with Crippen molar-refractivity contribution in [1.82, 2.24) is 9.78 Å². The number of aromatic nitrogens is 2. The summed E-state index contributed by atoms with van der Waals surface area (Å²) in [6.45, 7) is 3.99. The van der Waals surface area contributed by atoms with E-state index in [-0.39, 0.29) is 0 Å². The first-order chi connectivity index (χ1) is 8.89. The van der Waals surface area contributed by atoms with Crippen molar-refractivity contribution in [2.24, 2.45) is 0 Å². The average Bonchev–Trinajstić information content (AvgIpc) is 2.75. The molecule has 0 saturated heterocycles. The summed E-state index contributed by atoms with van der Waals surface area (Å²) >= 11 is 3.34. The van der Waals surface area contributed by atoms with E-state index < -0.39 is 15.1 Å². The van der Waals surface area contributed by atoms with Gasteiger partial charge >= 0.3 is 0 Å². The van der Waals surface area contributed by atoms with Gasteiger partial charge < -0.3 is 0 Å². The van der Waals surface area contributed by atoms with Gasteiger partial charge in [-0.05, 0) is 47.5 Å². The van der Waals surface area contributed by atoms with Crippen LogP contribution in [-0.2, 0) is 16.4 Å². The molecule has 2 aromatic rings. The van der Waals surface area contributed by atoms with E-state index in [0.717, 1.165) is 10.0 Å². The molecular formula is C13H15BrN2O2S. The summed E-state index contributed by atoms with van der Waals surface area (Å²) in [5, 5.41) is 3.76. The summed E-state index contributed by atoms with van der Waals surface area (Å²) in [6, 6.07) is 6.96. The molecule has 1 heterocycles. The lowest BCUT2D eigenvalue weighted by Gasteiger charge is -2.08. The normalized spacial score (nSPS) is 12.0. The molecule has 0 aliphatic carbocycles. The first-order valence-electron chi connectivity index (χ1n) is 5.90. The van der Waals surface area contributed by atoms with Gasteiger partial charge in [0, 0.05) is 6.20 Å². The van der Waals surface area contributed by atoms with Crippen molar-refractivity contribution in [2.75, 3.05) is 0 Å². The lowest BCUT2D eigenvalue weighted by Crippen LogP contribution is -2.14. The average molecular weight is 343 g/mol. The molecule has 0 bridgehead atoms. The van der Waals surface area contributed by atoms with Gasteiger partial charge in [0.1, 0.15) is 0 Å². The molecule has 0 N–H and O–H groups in total. The van der Waals surface area contributed by atoms with Crippen LogP contribution in [-0.4, -0.2) is 23.4 Å². The second kappa shape index (κ2) is 5.46.